The van der Waals surface area contributed by atoms with Crippen LogP contribution in [0.4, 0.5) is 13.2 Å². The van der Waals surface area contributed by atoms with E-state index in [9.17, 15) is 23.1 Å². The van der Waals surface area contributed by atoms with Crippen molar-refractivity contribution in [2.24, 2.45) is 5.92 Å². The molecule has 1 aromatic rings. The van der Waals surface area contributed by atoms with E-state index in [2.05, 4.69) is 0 Å². The van der Waals surface area contributed by atoms with Crippen LogP contribution in [0, 0.1) is 5.92 Å². The van der Waals surface area contributed by atoms with Crippen LogP contribution >= 0.6 is 0 Å². The van der Waals surface area contributed by atoms with Gasteiger partial charge in [-0.1, -0.05) is 31.9 Å². The normalized spacial score (nSPS) is 14.6. The molecule has 2 atom stereocenters. The van der Waals surface area contributed by atoms with Crippen LogP contribution in [0.3, 0.4) is 0 Å². The molecular weight excluding hydrogens is 343 g/mol. The number of aliphatic hydroxyl groups excluding tert-OH is 1. The van der Waals surface area contributed by atoms with E-state index in [1.54, 1.807) is 4.90 Å². The Balaban J connectivity index is 3.12. The smallest absolute Gasteiger partial charge is 0.388 e. The van der Waals surface area contributed by atoms with E-state index in [-0.39, 0.29) is 18.0 Å². The van der Waals surface area contributed by atoms with Crippen LogP contribution in [0.1, 0.15) is 71.1 Å². The van der Waals surface area contributed by atoms with Crippen molar-refractivity contribution in [2.45, 2.75) is 78.2 Å². The molecule has 0 saturated heterocycles. The first kappa shape index (κ1) is 22.5. The number of halogens is 3. The molecule has 0 radical (unpaired) electrons. The van der Waals surface area contributed by atoms with Crippen molar-refractivity contribution < 1.29 is 23.1 Å². The zero-order valence-corrected chi connectivity index (χ0v) is 16.2. The lowest BCUT2D eigenvalue weighted by Gasteiger charge is -2.35. The molecular formula is C20H30F3NO2. The maximum absolute atomic E-state index is 13.1. The molecule has 3 nitrogen and oxygen atoms in total. The van der Waals surface area contributed by atoms with Gasteiger partial charge in [0.2, 0.25) is 5.91 Å². The highest BCUT2D eigenvalue weighted by atomic mass is 19.4. The van der Waals surface area contributed by atoms with Crippen molar-refractivity contribution in [1.29, 1.82) is 0 Å². The first-order chi connectivity index (χ1) is 12.0. The van der Waals surface area contributed by atoms with E-state index in [1.807, 2.05) is 34.6 Å². The minimum absolute atomic E-state index is 0.0218. The summed E-state index contributed by atoms with van der Waals surface area (Å²) in [7, 11) is 0. The van der Waals surface area contributed by atoms with Gasteiger partial charge in [-0.25, -0.2) is 0 Å². The summed E-state index contributed by atoms with van der Waals surface area (Å²) in [5.74, 6) is -0.827. The molecule has 0 aliphatic heterocycles. The van der Waals surface area contributed by atoms with Gasteiger partial charge in [0.05, 0.1) is 17.6 Å². The zero-order chi connectivity index (χ0) is 20.1. The molecule has 0 saturated carbocycles. The molecule has 1 aromatic carbocycles. The predicted molar refractivity (Wildman–Crippen MR) is 96.5 cm³/mol. The lowest BCUT2D eigenvalue weighted by molar-refractivity contribution is -0.144. The summed E-state index contributed by atoms with van der Waals surface area (Å²) in [5, 5.41) is 10.8. The fraction of sp³-hybridized carbons (Fsp3) is 0.650. The number of benzene rings is 1. The number of hydrogen-bond acceptors (Lipinski definition) is 2. The number of unbranched alkanes of at least 4 members (excludes halogenated alkanes) is 1. The fourth-order valence-electron chi connectivity index (χ4n) is 3.24. The predicted octanol–water partition coefficient (Wildman–Crippen LogP) is 5.19. The minimum atomic E-state index is -4.42. The van der Waals surface area contributed by atoms with Gasteiger partial charge in [0.1, 0.15) is 0 Å². The van der Waals surface area contributed by atoms with Crippen LogP contribution in [0.15, 0.2) is 24.3 Å². The first-order valence-corrected chi connectivity index (χ1v) is 9.18. The maximum Gasteiger partial charge on any atom is 0.416 e. The summed E-state index contributed by atoms with van der Waals surface area (Å²) in [6, 6.07) is 4.37. The van der Waals surface area contributed by atoms with Crippen LogP contribution < -0.4 is 0 Å². The maximum atomic E-state index is 13.1. The molecule has 1 amide bonds. The van der Waals surface area contributed by atoms with Crippen LogP contribution in [0.5, 0.6) is 0 Å². The van der Waals surface area contributed by atoms with Gasteiger partial charge in [-0.05, 0) is 51.8 Å². The highest BCUT2D eigenvalue weighted by molar-refractivity contribution is 5.80. The van der Waals surface area contributed by atoms with E-state index in [4.69, 9.17) is 0 Å². The van der Waals surface area contributed by atoms with E-state index in [0.29, 0.717) is 12.0 Å². The Kier molecular flexibility index (Phi) is 8.13. The zero-order valence-electron chi connectivity index (χ0n) is 16.2. The molecule has 6 heteroatoms. The summed E-state index contributed by atoms with van der Waals surface area (Å²) in [6.45, 7) is 9.66. The fourth-order valence-corrected chi connectivity index (χ4v) is 3.24. The molecule has 0 bridgehead atoms. The standard InChI is InChI=1S/C20H30F3NO2/c1-6-7-8-17(19(26)24(13(2)3)14(4)5)18(25)15-9-11-16(12-10-15)20(21,22)23/h9-14,17-18,25H,6-8H2,1-5H3/t17-,18-/m1/s1. The van der Waals surface area contributed by atoms with Gasteiger partial charge in [-0.3, -0.25) is 4.79 Å². The second-order valence-electron chi connectivity index (χ2n) is 7.25. The monoisotopic (exact) mass is 373 g/mol. The molecule has 0 aliphatic carbocycles. The molecule has 148 valence electrons. The minimum Gasteiger partial charge on any atom is -0.388 e. The van der Waals surface area contributed by atoms with Gasteiger partial charge in [-0.2, -0.15) is 13.2 Å². The first-order valence-electron chi connectivity index (χ1n) is 9.18. The third-order valence-electron chi connectivity index (χ3n) is 4.51. The van der Waals surface area contributed by atoms with Crippen molar-refractivity contribution in [3.63, 3.8) is 0 Å². The number of alkyl halides is 3. The number of aliphatic hydroxyl groups is 1. The van der Waals surface area contributed by atoms with E-state index >= 15 is 0 Å². The van der Waals surface area contributed by atoms with Gasteiger partial charge in [0.25, 0.3) is 0 Å². The van der Waals surface area contributed by atoms with Gasteiger partial charge in [-0.15, -0.1) is 0 Å². The molecule has 0 aliphatic rings. The Morgan fingerprint density at radius 3 is 1.96 bits per heavy atom. The molecule has 26 heavy (non-hydrogen) atoms. The molecule has 0 unspecified atom stereocenters. The Morgan fingerprint density at radius 1 is 1.08 bits per heavy atom. The van der Waals surface area contributed by atoms with Gasteiger partial charge < -0.3 is 10.0 Å². The van der Waals surface area contributed by atoms with Crippen LogP contribution in [-0.4, -0.2) is 28.0 Å². The highest BCUT2D eigenvalue weighted by Gasteiger charge is 2.34. The number of nitrogens with zero attached hydrogens (tertiary/aromatic N) is 1. The molecule has 0 fully saturated rings. The van der Waals surface area contributed by atoms with Crippen molar-refractivity contribution >= 4 is 5.91 Å². The number of hydrogen-bond donors (Lipinski definition) is 1. The van der Waals surface area contributed by atoms with Crippen molar-refractivity contribution in [2.75, 3.05) is 0 Å². The Morgan fingerprint density at radius 2 is 1.58 bits per heavy atom. The largest absolute Gasteiger partial charge is 0.416 e. The van der Waals surface area contributed by atoms with Gasteiger partial charge in [0, 0.05) is 12.1 Å². The molecule has 1 rings (SSSR count). The van der Waals surface area contributed by atoms with Crippen molar-refractivity contribution in [1.82, 2.24) is 4.90 Å². The number of amides is 1. The number of rotatable bonds is 8. The summed E-state index contributed by atoms with van der Waals surface area (Å²) < 4.78 is 38.2. The number of carbonyl (C=O) groups is 1. The molecule has 0 heterocycles. The topological polar surface area (TPSA) is 40.5 Å². The molecule has 0 spiro atoms. The van der Waals surface area contributed by atoms with E-state index in [1.165, 1.54) is 12.1 Å². The Bertz CT molecular complexity index is 559. The van der Waals surface area contributed by atoms with Gasteiger partial charge in [0.15, 0.2) is 0 Å². The SMILES string of the molecule is CCCC[C@@H](C(=O)N(C(C)C)C(C)C)[C@H](O)c1ccc(C(F)(F)F)cc1. The third-order valence-corrected chi connectivity index (χ3v) is 4.51. The van der Waals surface area contributed by atoms with Crippen LogP contribution in [0.2, 0.25) is 0 Å². The van der Waals surface area contributed by atoms with Crippen molar-refractivity contribution in [3.05, 3.63) is 35.4 Å². The number of carbonyl (C=O) groups excluding carboxylic acids is 1. The average Bonchev–Trinajstić information content (AvgIpc) is 2.53. The van der Waals surface area contributed by atoms with Crippen LogP contribution in [-0.2, 0) is 11.0 Å². The lowest BCUT2D eigenvalue weighted by Crippen LogP contribution is -2.46. The Labute approximate surface area is 154 Å². The third kappa shape index (κ3) is 5.73. The van der Waals surface area contributed by atoms with E-state index in [0.717, 1.165) is 25.0 Å². The highest BCUT2D eigenvalue weighted by Crippen LogP contribution is 2.33. The second kappa shape index (κ2) is 9.40. The summed E-state index contributed by atoms with van der Waals surface area (Å²) in [6.07, 6.45) is -3.43. The van der Waals surface area contributed by atoms with Crippen molar-refractivity contribution in [3.8, 4) is 0 Å². The summed E-state index contributed by atoms with van der Waals surface area (Å²) in [4.78, 5) is 14.8. The quantitative estimate of drug-likeness (QED) is 0.681. The van der Waals surface area contributed by atoms with Crippen LogP contribution in [0.25, 0.3) is 0 Å². The summed E-state index contributed by atoms with van der Waals surface area (Å²) in [5.41, 5.74) is -0.434. The molecule has 0 aromatic heterocycles. The van der Waals surface area contributed by atoms with Gasteiger partial charge >= 0.3 is 6.18 Å². The average molecular weight is 373 g/mol. The Hall–Kier alpha value is -1.56. The van der Waals surface area contributed by atoms with E-state index < -0.39 is 23.8 Å². The summed E-state index contributed by atoms with van der Waals surface area (Å²) >= 11 is 0. The molecule has 1 N–H and O–H groups in total. The second-order valence-corrected chi connectivity index (χ2v) is 7.25. The lowest BCUT2D eigenvalue weighted by atomic mass is 9.88.